The van der Waals surface area contributed by atoms with E-state index in [1.165, 1.54) is 0 Å². The molecule has 2 N–H and O–H groups in total. The average Bonchev–Trinajstić information content (AvgIpc) is 2.87. The van der Waals surface area contributed by atoms with E-state index in [1.807, 2.05) is 0 Å². The Labute approximate surface area is 180 Å². The van der Waals surface area contributed by atoms with Crippen LogP contribution in [0.3, 0.4) is 0 Å². The molecular weight excluding hydrogens is 404 g/mol. The van der Waals surface area contributed by atoms with Crippen LogP contribution < -0.4 is 14.8 Å². The van der Waals surface area contributed by atoms with Crippen molar-refractivity contribution in [3.63, 3.8) is 0 Å². The zero-order chi connectivity index (χ0) is 22.5. The molecule has 1 aromatic carbocycles. The van der Waals surface area contributed by atoms with Gasteiger partial charge >= 0.3 is 11.9 Å². The molecule has 0 saturated heterocycles. The largest absolute Gasteiger partial charge is 0.490 e. The van der Waals surface area contributed by atoms with Gasteiger partial charge in [0, 0.05) is 23.9 Å². The molecule has 0 bridgehead atoms. The summed E-state index contributed by atoms with van der Waals surface area (Å²) in [6.45, 7) is 7.38. The van der Waals surface area contributed by atoms with Gasteiger partial charge in [-0.3, -0.25) is 4.79 Å². The zero-order valence-electron chi connectivity index (χ0n) is 18.0. The zero-order valence-corrected chi connectivity index (χ0v) is 18.0. The van der Waals surface area contributed by atoms with Crippen LogP contribution in [-0.4, -0.2) is 48.8 Å². The van der Waals surface area contributed by atoms with E-state index in [2.05, 4.69) is 10.3 Å². The van der Waals surface area contributed by atoms with Gasteiger partial charge in [-0.25, -0.2) is 9.59 Å². The molecule has 9 heteroatoms. The van der Waals surface area contributed by atoms with E-state index >= 15 is 0 Å². The second kappa shape index (κ2) is 9.55. The third-order valence-corrected chi connectivity index (χ3v) is 4.55. The van der Waals surface area contributed by atoms with Gasteiger partial charge in [0.05, 0.1) is 24.9 Å². The summed E-state index contributed by atoms with van der Waals surface area (Å²) in [5.41, 5.74) is 1.80. The number of aromatic amines is 1. The molecule has 0 saturated carbocycles. The van der Waals surface area contributed by atoms with Crippen LogP contribution in [0.1, 0.15) is 52.4 Å². The fourth-order valence-electron chi connectivity index (χ4n) is 3.17. The van der Waals surface area contributed by atoms with E-state index in [9.17, 15) is 14.4 Å². The number of H-pyrrole nitrogens is 1. The van der Waals surface area contributed by atoms with Crippen molar-refractivity contribution in [3.8, 4) is 11.5 Å². The maximum atomic E-state index is 12.4. The normalized spacial score (nSPS) is 12.8. The van der Waals surface area contributed by atoms with Gasteiger partial charge in [0.15, 0.2) is 18.1 Å². The lowest BCUT2D eigenvalue weighted by atomic mass is 10.1. The van der Waals surface area contributed by atoms with Crippen LogP contribution in [0.15, 0.2) is 18.2 Å². The Balaban J connectivity index is 1.60. The molecule has 1 aliphatic rings. The molecule has 0 radical (unpaired) electrons. The number of amides is 1. The predicted octanol–water partition coefficient (Wildman–Crippen LogP) is 3.15. The van der Waals surface area contributed by atoms with E-state index in [0.717, 1.165) is 6.42 Å². The number of hydrogen-bond donors (Lipinski definition) is 2. The number of rotatable bonds is 6. The maximum Gasteiger partial charge on any atom is 0.355 e. The Morgan fingerprint density at radius 2 is 1.81 bits per heavy atom. The number of nitrogens with one attached hydrogen (secondary N) is 2. The first-order valence-electron chi connectivity index (χ1n) is 10.0. The highest BCUT2D eigenvalue weighted by Crippen LogP contribution is 2.32. The molecule has 2 aromatic rings. The second-order valence-electron chi connectivity index (χ2n) is 7.42. The monoisotopic (exact) mass is 430 g/mol. The Morgan fingerprint density at radius 3 is 2.52 bits per heavy atom. The third kappa shape index (κ3) is 5.36. The number of carbonyl (C=O) groups excluding carboxylic acids is 3. The van der Waals surface area contributed by atoms with Crippen molar-refractivity contribution in [2.45, 2.75) is 40.2 Å². The van der Waals surface area contributed by atoms with E-state index < -0.39 is 24.5 Å². The van der Waals surface area contributed by atoms with E-state index in [1.54, 1.807) is 45.9 Å². The van der Waals surface area contributed by atoms with Crippen LogP contribution in [-0.2, 0) is 14.3 Å². The minimum Gasteiger partial charge on any atom is -0.490 e. The second-order valence-corrected chi connectivity index (χ2v) is 7.42. The number of aromatic nitrogens is 1. The molecule has 0 spiro atoms. The molecule has 31 heavy (non-hydrogen) atoms. The summed E-state index contributed by atoms with van der Waals surface area (Å²) >= 11 is 0. The third-order valence-electron chi connectivity index (χ3n) is 4.55. The lowest BCUT2D eigenvalue weighted by Gasteiger charge is -2.10. The van der Waals surface area contributed by atoms with E-state index in [-0.39, 0.29) is 17.4 Å². The van der Waals surface area contributed by atoms with E-state index in [0.29, 0.717) is 41.7 Å². The van der Waals surface area contributed by atoms with Gasteiger partial charge in [-0.15, -0.1) is 0 Å². The molecule has 9 nitrogen and oxygen atoms in total. The van der Waals surface area contributed by atoms with Gasteiger partial charge in [-0.2, -0.15) is 0 Å². The smallest absolute Gasteiger partial charge is 0.355 e. The Morgan fingerprint density at radius 1 is 1.10 bits per heavy atom. The molecule has 0 fully saturated rings. The van der Waals surface area contributed by atoms with Crippen LogP contribution >= 0.6 is 0 Å². The van der Waals surface area contributed by atoms with Gasteiger partial charge in [-0.05, 0) is 45.4 Å². The summed E-state index contributed by atoms with van der Waals surface area (Å²) in [6, 6.07) is 5.05. The first-order valence-corrected chi connectivity index (χ1v) is 10.0. The van der Waals surface area contributed by atoms with Crippen molar-refractivity contribution in [3.05, 3.63) is 40.7 Å². The SMILES string of the molecule is Cc1[nH]c(C(=O)OCC(=O)Nc2ccc3c(c2)OCCCO3)c(C)c1C(=O)OC(C)C. The fourth-order valence-corrected chi connectivity index (χ4v) is 3.17. The lowest BCUT2D eigenvalue weighted by molar-refractivity contribution is -0.119. The Bertz CT molecular complexity index is 994. The Hall–Kier alpha value is -3.49. The Kier molecular flexibility index (Phi) is 6.84. The predicted molar refractivity (Wildman–Crippen MR) is 112 cm³/mol. The minimum absolute atomic E-state index is 0.108. The number of carbonyl (C=O) groups is 3. The molecule has 0 atom stereocenters. The standard InChI is InChI=1S/C22H26N2O7/c1-12(2)31-21(26)19-13(3)20(23-14(19)4)22(27)30-11-18(25)24-15-6-7-16-17(10-15)29-9-5-8-28-16/h6-7,10,12,23H,5,8-9,11H2,1-4H3,(H,24,25). The number of anilines is 1. The number of aryl methyl sites for hydroxylation is 1. The van der Waals surface area contributed by atoms with Gasteiger partial charge in [0.1, 0.15) is 5.69 Å². The van der Waals surface area contributed by atoms with Crippen molar-refractivity contribution in [2.24, 2.45) is 0 Å². The molecule has 2 heterocycles. The van der Waals surface area contributed by atoms with Crippen molar-refractivity contribution in [1.82, 2.24) is 4.98 Å². The van der Waals surface area contributed by atoms with Gasteiger partial charge in [0.25, 0.3) is 5.91 Å². The number of benzene rings is 1. The molecule has 3 rings (SSSR count). The maximum absolute atomic E-state index is 12.4. The summed E-state index contributed by atoms with van der Waals surface area (Å²) in [6.07, 6.45) is 0.492. The summed E-state index contributed by atoms with van der Waals surface area (Å²) in [7, 11) is 0. The summed E-state index contributed by atoms with van der Waals surface area (Å²) < 4.78 is 21.5. The first-order chi connectivity index (χ1) is 14.8. The lowest BCUT2D eigenvalue weighted by Crippen LogP contribution is -2.21. The van der Waals surface area contributed by atoms with E-state index in [4.69, 9.17) is 18.9 Å². The molecule has 166 valence electrons. The summed E-state index contributed by atoms with van der Waals surface area (Å²) in [4.78, 5) is 39.8. The van der Waals surface area contributed by atoms with Crippen LogP contribution in [0.5, 0.6) is 11.5 Å². The highest BCUT2D eigenvalue weighted by molar-refractivity contribution is 6.00. The summed E-state index contributed by atoms with van der Waals surface area (Å²) in [5, 5.41) is 2.65. The molecule has 1 aromatic heterocycles. The minimum atomic E-state index is -0.738. The van der Waals surface area contributed by atoms with Crippen LogP contribution in [0, 0.1) is 13.8 Å². The van der Waals surface area contributed by atoms with Crippen molar-refractivity contribution in [2.75, 3.05) is 25.1 Å². The average molecular weight is 430 g/mol. The van der Waals surface area contributed by atoms with Crippen LogP contribution in [0.2, 0.25) is 0 Å². The number of ether oxygens (including phenoxy) is 4. The number of hydrogen-bond acceptors (Lipinski definition) is 7. The summed E-state index contributed by atoms with van der Waals surface area (Å²) in [5.74, 6) is -0.606. The molecular formula is C22H26N2O7. The van der Waals surface area contributed by atoms with Gasteiger partial charge < -0.3 is 29.2 Å². The van der Waals surface area contributed by atoms with Crippen LogP contribution in [0.25, 0.3) is 0 Å². The highest BCUT2D eigenvalue weighted by atomic mass is 16.5. The van der Waals surface area contributed by atoms with Crippen LogP contribution in [0.4, 0.5) is 5.69 Å². The fraction of sp³-hybridized carbons (Fsp3) is 0.409. The van der Waals surface area contributed by atoms with Crippen molar-refractivity contribution >= 4 is 23.5 Å². The molecule has 1 amide bonds. The topological polar surface area (TPSA) is 116 Å². The quantitative estimate of drug-likeness (QED) is 0.676. The molecule has 0 unspecified atom stereocenters. The number of esters is 2. The highest BCUT2D eigenvalue weighted by Gasteiger charge is 2.25. The first kappa shape index (κ1) is 22.2. The molecule has 1 aliphatic heterocycles. The van der Waals surface area contributed by atoms with Gasteiger partial charge in [-0.1, -0.05) is 0 Å². The van der Waals surface area contributed by atoms with Crippen molar-refractivity contribution < 1.29 is 33.3 Å². The molecule has 0 aliphatic carbocycles. The van der Waals surface area contributed by atoms with Crippen molar-refractivity contribution in [1.29, 1.82) is 0 Å². The van der Waals surface area contributed by atoms with Gasteiger partial charge in [0.2, 0.25) is 0 Å². The number of fused-ring (bicyclic) bond motifs is 1.